The minimum atomic E-state index is 0.312. The summed E-state index contributed by atoms with van der Waals surface area (Å²) in [7, 11) is 0. The summed E-state index contributed by atoms with van der Waals surface area (Å²) in [5, 5.41) is 12.2. The van der Waals surface area contributed by atoms with Gasteiger partial charge in [0.1, 0.15) is 0 Å². The summed E-state index contributed by atoms with van der Waals surface area (Å²) in [5.41, 5.74) is 0. The van der Waals surface area contributed by atoms with Crippen LogP contribution in [0.5, 0.6) is 0 Å². The lowest BCUT2D eigenvalue weighted by atomic mass is 10.1. The van der Waals surface area contributed by atoms with E-state index in [-0.39, 0.29) is 0 Å². The Morgan fingerprint density at radius 3 is 2.43 bits per heavy atom. The molecule has 2 N–H and O–H groups in total. The molecule has 86 valence electrons. The van der Waals surface area contributed by atoms with Gasteiger partial charge in [-0.05, 0) is 44.6 Å². The van der Waals surface area contributed by atoms with Crippen molar-refractivity contribution in [3.05, 3.63) is 0 Å². The van der Waals surface area contributed by atoms with E-state index < -0.39 is 0 Å². The molecule has 0 aliphatic carbocycles. The van der Waals surface area contributed by atoms with E-state index in [1.54, 1.807) is 0 Å². The van der Waals surface area contributed by atoms with Crippen LogP contribution in [0.2, 0.25) is 0 Å². The lowest BCUT2D eigenvalue weighted by Crippen LogP contribution is -2.34. The van der Waals surface area contributed by atoms with Gasteiger partial charge in [-0.25, -0.2) is 0 Å². The maximum atomic E-state index is 8.69. The predicted octanol–water partition coefficient (Wildman–Crippen LogP) is 2.27. The normalized spacial score (nSPS) is 15.4. The molecule has 0 amide bonds. The van der Waals surface area contributed by atoms with Crippen LogP contribution in [0.1, 0.15) is 40.0 Å². The molecule has 0 fully saturated rings. The lowest BCUT2D eigenvalue weighted by molar-refractivity contribution is 0.274. The molecule has 0 aliphatic rings. The quantitative estimate of drug-likeness (QED) is 0.584. The van der Waals surface area contributed by atoms with Gasteiger partial charge in [-0.1, -0.05) is 6.92 Å². The summed E-state index contributed by atoms with van der Waals surface area (Å²) in [6, 6.07) is 1.13. The molecule has 0 heterocycles. The first-order valence-corrected chi connectivity index (χ1v) is 6.80. The van der Waals surface area contributed by atoms with E-state index >= 15 is 0 Å². The molecule has 0 aromatic carbocycles. The van der Waals surface area contributed by atoms with E-state index in [4.69, 9.17) is 5.11 Å². The zero-order valence-corrected chi connectivity index (χ0v) is 10.6. The Labute approximate surface area is 92.9 Å². The molecule has 0 radical (unpaired) electrons. The third kappa shape index (κ3) is 8.85. The Balaban J connectivity index is 3.35. The van der Waals surface area contributed by atoms with E-state index in [1.807, 2.05) is 11.8 Å². The standard InChI is InChI=1S/C11H25NOS/c1-4-14-9-7-11(3)12-10(2)6-5-8-13/h10-13H,4-9H2,1-3H3. The van der Waals surface area contributed by atoms with Crippen molar-refractivity contribution in [3.63, 3.8) is 0 Å². The van der Waals surface area contributed by atoms with Gasteiger partial charge in [-0.15, -0.1) is 0 Å². The first-order valence-electron chi connectivity index (χ1n) is 5.65. The topological polar surface area (TPSA) is 32.3 Å². The summed E-state index contributed by atoms with van der Waals surface area (Å²) in [4.78, 5) is 0. The van der Waals surface area contributed by atoms with Crippen molar-refractivity contribution in [2.24, 2.45) is 0 Å². The van der Waals surface area contributed by atoms with Crippen LogP contribution in [0.4, 0.5) is 0 Å². The molecular formula is C11H25NOS. The molecule has 0 aliphatic heterocycles. The lowest BCUT2D eigenvalue weighted by Gasteiger charge is -2.19. The Kier molecular flexibility index (Phi) is 10.0. The summed E-state index contributed by atoms with van der Waals surface area (Å²) >= 11 is 2.00. The third-order valence-corrected chi connectivity index (χ3v) is 3.20. The van der Waals surface area contributed by atoms with Crippen molar-refractivity contribution in [2.45, 2.75) is 52.1 Å². The number of nitrogens with one attached hydrogen (secondary N) is 1. The highest BCUT2D eigenvalue weighted by molar-refractivity contribution is 7.99. The van der Waals surface area contributed by atoms with Crippen LogP contribution in [0.15, 0.2) is 0 Å². The van der Waals surface area contributed by atoms with Crippen molar-refractivity contribution >= 4 is 11.8 Å². The molecule has 0 saturated heterocycles. The number of thioether (sulfide) groups is 1. The fraction of sp³-hybridized carbons (Fsp3) is 1.00. The average molecular weight is 219 g/mol. The summed E-state index contributed by atoms with van der Waals surface area (Å²) in [6.07, 6.45) is 3.22. The number of hydrogen-bond donors (Lipinski definition) is 2. The van der Waals surface area contributed by atoms with Crippen LogP contribution in [-0.2, 0) is 0 Å². The van der Waals surface area contributed by atoms with Gasteiger partial charge < -0.3 is 10.4 Å². The van der Waals surface area contributed by atoms with Gasteiger partial charge in [0.15, 0.2) is 0 Å². The van der Waals surface area contributed by atoms with Crippen molar-refractivity contribution < 1.29 is 5.11 Å². The van der Waals surface area contributed by atoms with Crippen LogP contribution in [0.3, 0.4) is 0 Å². The van der Waals surface area contributed by atoms with Crippen molar-refractivity contribution in [2.75, 3.05) is 18.1 Å². The fourth-order valence-corrected chi connectivity index (χ4v) is 2.26. The average Bonchev–Trinajstić information content (AvgIpc) is 2.15. The number of hydrogen-bond acceptors (Lipinski definition) is 3. The van der Waals surface area contributed by atoms with Crippen LogP contribution in [0.25, 0.3) is 0 Å². The second-order valence-corrected chi connectivity index (χ2v) is 5.21. The van der Waals surface area contributed by atoms with Crippen molar-refractivity contribution in [1.29, 1.82) is 0 Å². The van der Waals surface area contributed by atoms with Crippen molar-refractivity contribution in [1.82, 2.24) is 5.32 Å². The first-order chi connectivity index (χ1) is 6.70. The predicted molar refractivity (Wildman–Crippen MR) is 66.0 cm³/mol. The van der Waals surface area contributed by atoms with Crippen LogP contribution in [0, 0.1) is 0 Å². The Morgan fingerprint density at radius 1 is 1.21 bits per heavy atom. The van der Waals surface area contributed by atoms with Gasteiger partial charge in [0.05, 0.1) is 0 Å². The molecular weight excluding hydrogens is 194 g/mol. The maximum Gasteiger partial charge on any atom is 0.0431 e. The van der Waals surface area contributed by atoms with Gasteiger partial charge in [0.25, 0.3) is 0 Å². The highest BCUT2D eigenvalue weighted by atomic mass is 32.2. The monoisotopic (exact) mass is 219 g/mol. The molecule has 0 bridgehead atoms. The van der Waals surface area contributed by atoms with E-state index in [1.165, 1.54) is 17.9 Å². The van der Waals surface area contributed by atoms with Crippen LogP contribution < -0.4 is 5.32 Å². The Hall–Kier alpha value is 0.270. The molecule has 0 aromatic heterocycles. The molecule has 0 spiro atoms. The smallest absolute Gasteiger partial charge is 0.0431 e. The summed E-state index contributed by atoms with van der Waals surface area (Å²) in [6.45, 7) is 6.95. The third-order valence-electron chi connectivity index (χ3n) is 2.26. The molecule has 2 unspecified atom stereocenters. The number of rotatable bonds is 9. The maximum absolute atomic E-state index is 8.69. The van der Waals surface area contributed by atoms with Gasteiger partial charge >= 0.3 is 0 Å². The first kappa shape index (κ1) is 14.3. The van der Waals surface area contributed by atoms with Gasteiger partial charge in [-0.2, -0.15) is 11.8 Å². The molecule has 2 nitrogen and oxygen atoms in total. The van der Waals surface area contributed by atoms with Crippen LogP contribution >= 0.6 is 11.8 Å². The molecule has 14 heavy (non-hydrogen) atoms. The zero-order valence-electron chi connectivity index (χ0n) is 9.75. The van der Waals surface area contributed by atoms with E-state index in [0.29, 0.717) is 18.7 Å². The Morgan fingerprint density at radius 2 is 1.86 bits per heavy atom. The zero-order chi connectivity index (χ0) is 10.8. The summed E-state index contributed by atoms with van der Waals surface area (Å²) < 4.78 is 0. The summed E-state index contributed by atoms with van der Waals surface area (Å²) in [5.74, 6) is 2.46. The minimum Gasteiger partial charge on any atom is -0.396 e. The highest BCUT2D eigenvalue weighted by Gasteiger charge is 2.06. The molecule has 0 saturated carbocycles. The van der Waals surface area contributed by atoms with Gasteiger partial charge in [-0.3, -0.25) is 0 Å². The molecule has 2 atom stereocenters. The molecule has 0 aromatic rings. The van der Waals surface area contributed by atoms with Crippen LogP contribution in [-0.4, -0.2) is 35.3 Å². The van der Waals surface area contributed by atoms with E-state index in [2.05, 4.69) is 26.1 Å². The van der Waals surface area contributed by atoms with Gasteiger partial charge in [0.2, 0.25) is 0 Å². The molecule has 3 heteroatoms. The van der Waals surface area contributed by atoms with E-state index in [9.17, 15) is 0 Å². The highest BCUT2D eigenvalue weighted by Crippen LogP contribution is 2.05. The van der Waals surface area contributed by atoms with Gasteiger partial charge in [0, 0.05) is 18.7 Å². The van der Waals surface area contributed by atoms with Crippen molar-refractivity contribution in [3.8, 4) is 0 Å². The Bertz CT molecular complexity index is 122. The largest absolute Gasteiger partial charge is 0.396 e. The number of aliphatic hydroxyl groups excluding tert-OH is 1. The molecule has 0 rings (SSSR count). The minimum absolute atomic E-state index is 0.312. The second-order valence-electron chi connectivity index (χ2n) is 3.82. The fourth-order valence-electron chi connectivity index (χ4n) is 1.45. The SMILES string of the molecule is CCSCCC(C)NC(C)CCCO. The second kappa shape index (κ2) is 9.81. The van der Waals surface area contributed by atoms with E-state index in [0.717, 1.165) is 12.8 Å². The number of aliphatic hydroxyl groups is 1.